The van der Waals surface area contributed by atoms with Gasteiger partial charge in [0.05, 0.1) is 10.7 Å². The lowest BCUT2D eigenvalue weighted by atomic mass is 10.0. The molecule has 186 valence electrons. The van der Waals surface area contributed by atoms with Gasteiger partial charge in [0.15, 0.2) is 11.5 Å². The van der Waals surface area contributed by atoms with Crippen LogP contribution < -0.4 is 14.8 Å². The van der Waals surface area contributed by atoms with Crippen LogP contribution in [0.1, 0.15) is 29.2 Å². The van der Waals surface area contributed by atoms with Crippen LogP contribution in [0.5, 0.6) is 11.5 Å². The number of anilines is 1. The third-order valence-electron chi connectivity index (χ3n) is 6.18. The summed E-state index contributed by atoms with van der Waals surface area (Å²) in [6.45, 7) is 4.53. The number of methoxy groups -OCH3 is 1. The zero-order valence-corrected chi connectivity index (χ0v) is 23.1. The SMILES string of the molecule is CCc1ccc(NC(=O)/C(C#N)=C/c2cc(I)c(OCc3c(C)ccc4ccccc34)c(OC)c2)cc1. The molecule has 0 aliphatic rings. The highest BCUT2D eigenvalue weighted by atomic mass is 127. The average Bonchev–Trinajstić information content (AvgIpc) is 2.92. The molecule has 0 radical (unpaired) electrons. The number of hydrogen-bond acceptors (Lipinski definition) is 4. The van der Waals surface area contributed by atoms with E-state index in [9.17, 15) is 10.1 Å². The first-order valence-corrected chi connectivity index (χ1v) is 13.0. The molecule has 0 unspecified atom stereocenters. The maximum absolute atomic E-state index is 12.7. The quantitative estimate of drug-likeness (QED) is 0.129. The van der Waals surface area contributed by atoms with Crippen LogP contribution in [0.2, 0.25) is 0 Å². The Morgan fingerprint density at radius 2 is 1.84 bits per heavy atom. The highest BCUT2D eigenvalue weighted by Crippen LogP contribution is 2.36. The van der Waals surface area contributed by atoms with Gasteiger partial charge in [-0.3, -0.25) is 4.79 Å². The van der Waals surface area contributed by atoms with Crippen molar-refractivity contribution in [2.45, 2.75) is 26.9 Å². The molecule has 0 spiro atoms. The monoisotopic (exact) mass is 602 g/mol. The summed E-state index contributed by atoms with van der Waals surface area (Å²) in [6, 6.07) is 25.7. The van der Waals surface area contributed by atoms with Gasteiger partial charge in [0.1, 0.15) is 18.2 Å². The number of hydrogen-bond donors (Lipinski definition) is 1. The van der Waals surface area contributed by atoms with E-state index in [0.29, 0.717) is 29.4 Å². The first kappa shape index (κ1) is 26.2. The van der Waals surface area contributed by atoms with Crippen molar-refractivity contribution < 1.29 is 14.3 Å². The fourth-order valence-corrected chi connectivity index (χ4v) is 4.86. The third-order valence-corrected chi connectivity index (χ3v) is 6.98. The van der Waals surface area contributed by atoms with Crippen LogP contribution in [-0.2, 0) is 17.8 Å². The van der Waals surface area contributed by atoms with Crippen molar-refractivity contribution in [3.8, 4) is 17.6 Å². The van der Waals surface area contributed by atoms with E-state index in [1.54, 1.807) is 19.3 Å². The summed E-state index contributed by atoms with van der Waals surface area (Å²) in [6.07, 6.45) is 2.47. The number of nitrogens with one attached hydrogen (secondary N) is 1. The van der Waals surface area contributed by atoms with E-state index in [4.69, 9.17) is 9.47 Å². The molecule has 1 N–H and O–H groups in total. The molecule has 0 fully saturated rings. The number of amides is 1. The molecular weight excluding hydrogens is 575 g/mol. The Balaban J connectivity index is 1.57. The summed E-state index contributed by atoms with van der Waals surface area (Å²) in [4.78, 5) is 12.7. The molecule has 4 rings (SSSR count). The van der Waals surface area contributed by atoms with Gasteiger partial charge in [0.2, 0.25) is 0 Å². The summed E-state index contributed by atoms with van der Waals surface area (Å²) < 4.78 is 12.7. The molecule has 4 aromatic carbocycles. The molecule has 0 aliphatic carbocycles. The van der Waals surface area contributed by atoms with Crippen molar-refractivity contribution in [2.75, 3.05) is 12.4 Å². The largest absolute Gasteiger partial charge is 0.493 e. The van der Waals surface area contributed by atoms with Crippen molar-refractivity contribution in [1.82, 2.24) is 0 Å². The summed E-state index contributed by atoms with van der Waals surface area (Å²) in [5, 5.41) is 14.8. The van der Waals surface area contributed by atoms with Gasteiger partial charge in [-0.05, 0) is 93.7 Å². The molecule has 0 bridgehead atoms. The fourth-order valence-electron chi connectivity index (χ4n) is 4.08. The fraction of sp³-hybridized carbons (Fsp3) is 0.161. The lowest BCUT2D eigenvalue weighted by Gasteiger charge is -2.16. The minimum Gasteiger partial charge on any atom is -0.493 e. The van der Waals surface area contributed by atoms with Gasteiger partial charge < -0.3 is 14.8 Å². The predicted molar refractivity (Wildman–Crippen MR) is 157 cm³/mol. The van der Waals surface area contributed by atoms with Crippen molar-refractivity contribution in [2.24, 2.45) is 0 Å². The Morgan fingerprint density at radius 1 is 1.08 bits per heavy atom. The van der Waals surface area contributed by atoms with Gasteiger partial charge >= 0.3 is 0 Å². The van der Waals surface area contributed by atoms with E-state index < -0.39 is 5.91 Å². The van der Waals surface area contributed by atoms with E-state index in [0.717, 1.165) is 31.9 Å². The smallest absolute Gasteiger partial charge is 0.266 e. The number of aryl methyl sites for hydroxylation is 2. The molecule has 6 heteroatoms. The van der Waals surface area contributed by atoms with E-state index in [1.807, 2.05) is 48.5 Å². The number of fused-ring (bicyclic) bond motifs is 1. The average molecular weight is 602 g/mol. The molecule has 37 heavy (non-hydrogen) atoms. The van der Waals surface area contributed by atoms with E-state index in [2.05, 4.69) is 66.0 Å². The number of nitriles is 1. The van der Waals surface area contributed by atoms with Crippen molar-refractivity contribution in [1.29, 1.82) is 5.26 Å². The summed E-state index contributed by atoms with van der Waals surface area (Å²) in [7, 11) is 1.58. The first-order valence-electron chi connectivity index (χ1n) is 11.9. The van der Waals surface area contributed by atoms with Crippen LogP contribution in [-0.4, -0.2) is 13.0 Å². The maximum Gasteiger partial charge on any atom is 0.266 e. The van der Waals surface area contributed by atoms with Crippen LogP contribution in [0.15, 0.2) is 78.4 Å². The van der Waals surface area contributed by atoms with Gasteiger partial charge in [0.25, 0.3) is 5.91 Å². The molecule has 0 aromatic heterocycles. The van der Waals surface area contributed by atoms with Crippen molar-refractivity contribution >= 4 is 51.0 Å². The van der Waals surface area contributed by atoms with Gasteiger partial charge in [-0.2, -0.15) is 5.26 Å². The molecule has 0 saturated carbocycles. The van der Waals surface area contributed by atoms with Gasteiger partial charge in [-0.15, -0.1) is 0 Å². The number of halogens is 1. The standard InChI is InChI=1S/C31H27IN2O3/c1-4-21-10-13-25(14-11-21)34-31(35)24(18-33)15-22-16-28(32)30(29(17-22)36-3)37-19-27-20(2)9-12-23-7-5-6-8-26(23)27/h5-17H,4,19H2,1-3H3,(H,34,35)/b24-15+. The van der Waals surface area contributed by atoms with Crippen LogP contribution in [0.3, 0.4) is 0 Å². The number of rotatable bonds is 8. The highest BCUT2D eigenvalue weighted by molar-refractivity contribution is 14.1. The number of carbonyl (C=O) groups is 1. The van der Waals surface area contributed by atoms with Gasteiger partial charge in [0, 0.05) is 11.3 Å². The van der Waals surface area contributed by atoms with Crippen LogP contribution in [0, 0.1) is 21.8 Å². The summed E-state index contributed by atoms with van der Waals surface area (Å²) in [5.74, 6) is 0.683. The zero-order valence-electron chi connectivity index (χ0n) is 21.0. The molecule has 1 amide bonds. The third kappa shape index (κ3) is 6.12. The van der Waals surface area contributed by atoms with Gasteiger partial charge in [-0.1, -0.05) is 55.5 Å². The first-order chi connectivity index (χ1) is 17.9. The van der Waals surface area contributed by atoms with Crippen LogP contribution in [0.25, 0.3) is 16.8 Å². The Morgan fingerprint density at radius 3 is 2.54 bits per heavy atom. The lowest BCUT2D eigenvalue weighted by Crippen LogP contribution is -2.13. The molecule has 0 heterocycles. The molecule has 0 aliphatic heterocycles. The Labute approximate surface area is 230 Å². The van der Waals surface area contributed by atoms with E-state index >= 15 is 0 Å². The topological polar surface area (TPSA) is 71.4 Å². The van der Waals surface area contributed by atoms with Crippen LogP contribution >= 0.6 is 22.6 Å². The summed E-state index contributed by atoms with van der Waals surface area (Å²) >= 11 is 2.19. The van der Waals surface area contributed by atoms with E-state index in [1.165, 1.54) is 5.56 Å². The van der Waals surface area contributed by atoms with Gasteiger partial charge in [-0.25, -0.2) is 0 Å². The second kappa shape index (κ2) is 11.9. The minimum atomic E-state index is -0.465. The second-order valence-electron chi connectivity index (χ2n) is 8.58. The number of nitrogens with zero attached hydrogens (tertiary/aromatic N) is 1. The minimum absolute atomic E-state index is 0.00234. The van der Waals surface area contributed by atoms with Crippen molar-refractivity contribution in [3.63, 3.8) is 0 Å². The number of carbonyl (C=O) groups excluding carboxylic acids is 1. The predicted octanol–water partition coefficient (Wildman–Crippen LogP) is 7.45. The molecule has 5 nitrogen and oxygen atoms in total. The molecule has 0 atom stereocenters. The maximum atomic E-state index is 12.7. The Kier molecular flexibility index (Phi) is 8.47. The van der Waals surface area contributed by atoms with Crippen LogP contribution in [0.4, 0.5) is 5.69 Å². The second-order valence-corrected chi connectivity index (χ2v) is 9.74. The number of benzene rings is 4. The highest BCUT2D eigenvalue weighted by Gasteiger charge is 2.15. The zero-order chi connectivity index (χ0) is 26.4. The molecule has 0 saturated heterocycles. The Bertz CT molecular complexity index is 1520. The number of ether oxygens (including phenoxy) is 2. The van der Waals surface area contributed by atoms with Crippen molar-refractivity contribution in [3.05, 3.63) is 104 Å². The summed E-state index contributed by atoms with van der Waals surface area (Å²) in [5.41, 5.74) is 4.76. The molecule has 4 aromatic rings. The van der Waals surface area contributed by atoms with E-state index in [-0.39, 0.29) is 5.57 Å². The normalized spacial score (nSPS) is 11.2. The molecular formula is C31H27IN2O3. The Hall–Kier alpha value is -3.83. The lowest BCUT2D eigenvalue weighted by molar-refractivity contribution is -0.112.